The van der Waals surface area contributed by atoms with Crippen molar-refractivity contribution in [1.82, 2.24) is 10.0 Å². The summed E-state index contributed by atoms with van der Waals surface area (Å²) >= 11 is 0. The number of piperidine rings is 1. The van der Waals surface area contributed by atoms with Gasteiger partial charge in [-0.05, 0) is 59.4 Å². The van der Waals surface area contributed by atoms with Crippen LogP contribution in [0.2, 0.25) is 0 Å². The standard InChI is InChI=1S/C12H24N2O2S/c1-11(2,3)17(15,16)14-10-5-8-13-12(9-10)6-4-7-12/h10,13-14H,4-9H2,1-3H3. The first-order valence-electron chi connectivity index (χ1n) is 6.51. The summed E-state index contributed by atoms with van der Waals surface area (Å²) in [5.74, 6) is 0. The van der Waals surface area contributed by atoms with E-state index in [1.54, 1.807) is 20.8 Å². The Kier molecular flexibility index (Phi) is 3.30. The third-order valence-electron chi connectivity index (χ3n) is 4.07. The van der Waals surface area contributed by atoms with Gasteiger partial charge in [-0.2, -0.15) is 0 Å². The van der Waals surface area contributed by atoms with E-state index in [-0.39, 0.29) is 11.6 Å². The molecule has 0 aromatic carbocycles. The van der Waals surface area contributed by atoms with Gasteiger partial charge in [0.25, 0.3) is 0 Å². The van der Waals surface area contributed by atoms with Crippen molar-refractivity contribution in [3.63, 3.8) is 0 Å². The molecular weight excluding hydrogens is 236 g/mol. The van der Waals surface area contributed by atoms with Crippen LogP contribution in [-0.2, 0) is 10.0 Å². The molecular formula is C12H24N2O2S. The zero-order valence-corrected chi connectivity index (χ0v) is 11.9. The molecule has 1 atom stereocenters. The molecule has 2 fully saturated rings. The maximum absolute atomic E-state index is 12.1. The van der Waals surface area contributed by atoms with E-state index in [4.69, 9.17) is 0 Å². The van der Waals surface area contributed by atoms with E-state index in [1.807, 2.05) is 0 Å². The normalized spacial score (nSPS) is 29.0. The highest BCUT2D eigenvalue weighted by atomic mass is 32.2. The molecule has 1 unspecified atom stereocenters. The van der Waals surface area contributed by atoms with Crippen molar-refractivity contribution in [3.05, 3.63) is 0 Å². The molecule has 0 amide bonds. The van der Waals surface area contributed by atoms with Crippen molar-refractivity contribution in [2.75, 3.05) is 6.54 Å². The van der Waals surface area contributed by atoms with Crippen LogP contribution in [0.15, 0.2) is 0 Å². The monoisotopic (exact) mass is 260 g/mol. The molecule has 1 heterocycles. The number of sulfonamides is 1. The van der Waals surface area contributed by atoms with Crippen molar-refractivity contribution >= 4 is 10.0 Å². The molecule has 2 rings (SSSR count). The Morgan fingerprint density at radius 3 is 2.41 bits per heavy atom. The van der Waals surface area contributed by atoms with Gasteiger partial charge in [0.05, 0.1) is 4.75 Å². The molecule has 2 N–H and O–H groups in total. The molecule has 4 nitrogen and oxygen atoms in total. The van der Waals surface area contributed by atoms with Crippen molar-refractivity contribution in [1.29, 1.82) is 0 Å². The minimum atomic E-state index is -3.21. The van der Waals surface area contributed by atoms with Crippen molar-refractivity contribution in [2.45, 2.75) is 69.2 Å². The first-order valence-corrected chi connectivity index (χ1v) is 7.99. The van der Waals surface area contributed by atoms with Gasteiger partial charge in [0.1, 0.15) is 0 Å². The highest BCUT2D eigenvalue weighted by Gasteiger charge is 2.42. The van der Waals surface area contributed by atoms with Crippen molar-refractivity contribution < 1.29 is 8.42 Å². The van der Waals surface area contributed by atoms with Crippen LogP contribution in [0.1, 0.15) is 52.9 Å². The smallest absolute Gasteiger partial charge is 0.216 e. The summed E-state index contributed by atoms with van der Waals surface area (Å²) in [6.07, 6.45) is 5.51. The van der Waals surface area contributed by atoms with Gasteiger partial charge in [0.2, 0.25) is 10.0 Å². The molecule has 1 aliphatic carbocycles. The summed E-state index contributed by atoms with van der Waals surface area (Å²) in [5, 5.41) is 3.55. The Bertz CT molecular complexity index is 380. The van der Waals surface area contributed by atoms with Crippen LogP contribution in [0, 0.1) is 0 Å². The molecule has 100 valence electrons. The Hall–Kier alpha value is -0.130. The maximum atomic E-state index is 12.1. The van der Waals surface area contributed by atoms with Gasteiger partial charge in [0.15, 0.2) is 0 Å². The lowest BCUT2D eigenvalue weighted by Gasteiger charge is -2.48. The Morgan fingerprint density at radius 2 is 1.94 bits per heavy atom. The second-order valence-electron chi connectivity index (χ2n) is 6.48. The summed E-state index contributed by atoms with van der Waals surface area (Å²) in [6.45, 7) is 6.16. The van der Waals surface area contributed by atoms with Gasteiger partial charge in [-0.1, -0.05) is 0 Å². The lowest BCUT2D eigenvalue weighted by atomic mass is 9.70. The number of hydrogen-bond acceptors (Lipinski definition) is 3. The van der Waals surface area contributed by atoms with Gasteiger partial charge in [-0.25, -0.2) is 13.1 Å². The molecule has 1 saturated carbocycles. The molecule has 1 aliphatic heterocycles. The average molecular weight is 260 g/mol. The summed E-state index contributed by atoms with van der Waals surface area (Å²) in [4.78, 5) is 0. The largest absolute Gasteiger partial charge is 0.311 e. The van der Waals surface area contributed by atoms with Crippen LogP contribution in [-0.4, -0.2) is 31.3 Å². The molecule has 0 aromatic rings. The number of rotatable bonds is 2. The first-order chi connectivity index (χ1) is 7.74. The van der Waals surface area contributed by atoms with E-state index in [1.165, 1.54) is 19.3 Å². The third kappa shape index (κ3) is 2.66. The van der Waals surface area contributed by atoms with Crippen LogP contribution >= 0.6 is 0 Å². The summed E-state index contributed by atoms with van der Waals surface area (Å²) in [7, 11) is -3.21. The zero-order chi connectivity index (χ0) is 12.7. The first kappa shape index (κ1) is 13.3. The van der Waals surface area contributed by atoms with Gasteiger partial charge in [-0.3, -0.25) is 0 Å². The molecule has 0 aromatic heterocycles. The van der Waals surface area contributed by atoms with E-state index in [2.05, 4.69) is 10.0 Å². The Balaban J connectivity index is 2.00. The summed E-state index contributed by atoms with van der Waals surface area (Å²) in [6, 6.07) is 0.112. The summed E-state index contributed by atoms with van der Waals surface area (Å²) < 4.78 is 26.4. The van der Waals surface area contributed by atoms with E-state index in [9.17, 15) is 8.42 Å². The fraction of sp³-hybridized carbons (Fsp3) is 1.00. The zero-order valence-electron chi connectivity index (χ0n) is 11.0. The number of hydrogen-bond donors (Lipinski definition) is 2. The predicted octanol–water partition coefficient (Wildman–Crippen LogP) is 1.38. The predicted molar refractivity (Wildman–Crippen MR) is 69.4 cm³/mol. The summed E-state index contributed by atoms with van der Waals surface area (Å²) in [5.41, 5.74) is 0.239. The Labute approximate surface area is 105 Å². The fourth-order valence-corrected chi connectivity index (χ4v) is 3.63. The minimum Gasteiger partial charge on any atom is -0.311 e. The molecule has 1 spiro atoms. The van der Waals surface area contributed by atoms with Gasteiger partial charge in [0, 0.05) is 11.6 Å². The van der Waals surface area contributed by atoms with E-state index < -0.39 is 14.8 Å². The minimum absolute atomic E-state index is 0.112. The molecule has 2 aliphatic rings. The molecule has 5 heteroatoms. The van der Waals surface area contributed by atoms with Gasteiger partial charge in [-0.15, -0.1) is 0 Å². The highest BCUT2D eigenvalue weighted by Crippen LogP contribution is 2.38. The molecule has 17 heavy (non-hydrogen) atoms. The quantitative estimate of drug-likeness (QED) is 0.788. The molecule has 0 bridgehead atoms. The fourth-order valence-electron chi connectivity index (χ4n) is 2.64. The van der Waals surface area contributed by atoms with Crippen LogP contribution in [0.4, 0.5) is 0 Å². The second kappa shape index (κ2) is 4.21. The molecule has 1 saturated heterocycles. The van der Waals surface area contributed by atoms with E-state index in [0.29, 0.717) is 0 Å². The van der Waals surface area contributed by atoms with Gasteiger partial charge >= 0.3 is 0 Å². The van der Waals surface area contributed by atoms with Crippen LogP contribution in [0.3, 0.4) is 0 Å². The molecule has 0 radical (unpaired) electrons. The van der Waals surface area contributed by atoms with Gasteiger partial charge < -0.3 is 5.32 Å². The highest BCUT2D eigenvalue weighted by molar-refractivity contribution is 7.90. The second-order valence-corrected chi connectivity index (χ2v) is 8.95. The third-order valence-corrected chi connectivity index (χ3v) is 6.32. The topological polar surface area (TPSA) is 58.2 Å². The van der Waals surface area contributed by atoms with E-state index in [0.717, 1.165) is 19.4 Å². The maximum Gasteiger partial charge on any atom is 0.216 e. The number of nitrogens with one attached hydrogen (secondary N) is 2. The van der Waals surface area contributed by atoms with Crippen LogP contribution in [0.25, 0.3) is 0 Å². The average Bonchev–Trinajstić information content (AvgIpc) is 2.13. The lowest BCUT2D eigenvalue weighted by molar-refractivity contribution is 0.126. The van der Waals surface area contributed by atoms with Crippen molar-refractivity contribution in [3.8, 4) is 0 Å². The van der Waals surface area contributed by atoms with Crippen LogP contribution < -0.4 is 10.0 Å². The Morgan fingerprint density at radius 1 is 1.29 bits per heavy atom. The lowest BCUT2D eigenvalue weighted by Crippen LogP contribution is -2.60. The van der Waals surface area contributed by atoms with E-state index >= 15 is 0 Å². The van der Waals surface area contributed by atoms with Crippen molar-refractivity contribution in [2.24, 2.45) is 0 Å². The van der Waals surface area contributed by atoms with Crippen LogP contribution in [0.5, 0.6) is 0 Å². The SMILES string of the molecule is CC(C)(C)S(=O)(=O)NC1CCNC2(CCC2)C1.